The molecule has 1 amide bonds. The van der Waals surface area contributed by atoms with E-state index in [0.717, 1.165) is 4.57 Å². The van der Waals surface area contributed by atoms with E-state index in [1.165, 1.54) is 7.05 Å². The fraction of sp³-hybridized carbons (Fsp3) is 0.571. The van der Waals surface area contributed by atoms with Crippen molar-refractivity contribution in [3.8, 4) is 0 Å². The molecule has 0 bridgehead atoms. The highest BCUT2D eigenvalue weighted by Crippen LogP contribution is 2.15. The summed E-state index contributed by atoms with van der Waals surface area (Å²) >= 11 is 0. The lowest BCUT2D eigenvalue weighted by molar-refractivity contribution is 0.180. The Morgan fingerprint density at radius 2 is 2.21 bits per heavy atom. The van der Waals surface area contributed by atoms with E-state index in [1.54, 1.807) is 13.8 Å². The first-order valence-corrected chi connectivity index (χ1v) is 3.89. The molecule has 78 valence electrons. The minimum Gasteiger partial charge on any atom is -0.465 e. The van der Waals surface area contributed by atoms with Crippen LogP contribution >= 0.6 is 0 Å². The van der Waals surface area contributed by atoms with Crippen molar-refractivity contribution in [1.82, 2.24) is 15.0 Å². The molecule has 0 saturated heterocycles. The second-order valence-corrected chi connectivity index (χ2v) is 3.39. The minimum atomic E-state index is -1.19. The van der Waals surface area contributed by atoms with Gasteiger partial charge in [0.05, 0.1) is 5.54 Å². The molecule has 0 aliphatic carbocycles. The fourth-order valence-electron chi connectivity index (χ4n) is 1.15. The Labute approximate surface area is 79.3 Å². The molecule has 7 nitrogen and oxygen atoms in total. The monoisotopic (exact) mass is 201 g/mol. The summed E-state index contributed by atoms with van der Waals surface area (Å²) in [7, 11) is 1.46. The summed E-state index contributed by atoms with van der Waals surface area (Å²) in [6.07, 6.45) is -1.19. The van der Waals surface area contributed by atoms with Gasteiger partial charge in [0, 0.05) is 7.05 Å². The average Bonchev–Trinajstić information content (AvgIpc) is 2.30. The third-order valence-corrected chi connectivity index (χ3v) is 1.78. The minimum absolute atomic E-state index is 0.227. The van der Waals surface area contributed by atoms with Crippen LogP contribution in [0.3, 0.4) is 0 Å². The molecule has 0 aliphatic heterocycles. The van der Waals surface area contributed by atoms with E-state index in [0.29, 0.717) is 0 Å². The molecule has 1 aromatic rings. The normalized spacial score (nSPS) is 11.4. The van der Waals surface area contributed by atoms with Gasteiger partial charge in [-0.3, -0.25) is 9.09 Å². The zero-order valence-corrected chi connectivity index (χ0v) is 8.07. The molecule has 0 aliphatic rings. The average molecular weight is 201 g/mol. The molecule has 1 aromatic heterocycles. The molecule has 2 N–H and O–H groups in total. The van der Waals surface area contributed by atoms with Crippen molar-refractivity contribution in [2.24, 2.45) is 7.05 Å². The number of carboxylic acid groups (broad SMARTS) is 1. The number of carbonyl (C=O) groups is 1. The number of hydrogen-bond acceptors (Lipinski definition) is 4. The van der Waals surface area contributed by atoms with Crippen molar-refractivity contribution in [2.75, 3.05) is 0 Å². The molecule has 1 heterocycles. The first-order chi connectivity index (χ1) is 6.34. The Balaban J connectivity index is 3.09. The van der Waals surface area contributed by atoms with E-state index in [9.17, 15) is 9.59 Å². The van der Waals surface area contributed by atoms with Crippen molar-refractivity contribution in [3.05, 3.63) is 16.4 Å². The van der Waals surface area contributed by atoms with Crippen LogP contribution in [0.2, 0.25) is 0 Å². The van der Waals surface area contributed by atoms with Crippen LogP contribution in [0.25, 0.3) is 0 Å². The zero-order valence-electron chi connectivity index (χ0n) is 8.07. The van der Waals surface area contributed by atoms with Crippen LogP contribution in [0.5, 0.6) is 0 Å². The van der Waals surface area contributed by atoms with Gasteiger partial charge in [0.25, 0.3) is 0 Å². The van der Waals surface area contributed by atoms with Crippen LogP contribution in [-0.2, 0) is 12.6 Å². The Bertz CT molecular complexity index is 403. The van der Waals surface area contributed by atoms with Crippen LogP contribution in [0, 0.1) is 0 Å². The summed E-state index contributed by atoms with van der Waals surface area (Å²) in [4.78, 5) is 21.4. The van der Waals surface area contributed by atoms with Gasteiger partial charge in [0.1, 0.15) is 0 Å². The summed E-state index contributed by atoms with van der Waals surface area (Å²) in [5.41, 5.74) is -0.966. The zero-order chi connectivity index (χ0) is 10.9. The highest BCUT2D eigenvalue weighted by Gasteiger charge is 2.29. The van der Waals surface area contributed by atoms with Gasteiger partial charge >= 0.3 is 11.8 Å². The largest absolute Gasteiger partial charge is 0.465 e. The molecule has 0 spiro atoms. The standard InChI is InChI=1S/C7H11N3O4/c1-7(2,8-5(11)12)4-9-14-6(13)10(4)3/h8H,1-3H3,(H,11,12). The molecule has 0 aromatic carbocycles. The lowest BCUT2D eigenvalue weighted by Gasteiger charge is -2.21. The van der Waals surface area contributed by atoms with E-state index < -0.39 is 17.4 Å². The van der Waals surface area contributed by atoms with Crippen LogP contribution < -0.4 is 11.1 Å². The number of rotatable bonds is 2. The summed E-state index contributed by atoms with van der Waals surface area (Å²) in [5.74, 6) is -0.398. The van der Waals surface area contributed by atoms with E-state index in [1.807, 2.05) is 0 Å². The lowest BCUT2D eigenvalue weighted by atomic mass is 10.1. The highest BCUT2D eigenvalue weighted by molar-refractivity contribution is 5.65. The van der Waals surface area contributed by atoms with Gasteiger partial charge in [-0.05, 0) is 13.8 Å². The van der Waals surface area contributed by atoms with Crippen molar-refractivity contribution >= 4 is 6.09 Å². The van der Waals surface area contributed by atoms with E-state index in [-0.39, 0.29) is 5.82 Å². The molecule has 0 atom stereocenters. The van der Waals surface area contributed by atoms with Gasteiger partial charge < -0.3 is 10.4 Å². The van der Waals surface area contributed by atoms with Crippen molar-refractivity contribution in [2.45, 2.75) is 19.4 Å². The Kier molecular flexibility index (Phi) is 2.33. The van der Waals surface area contributed by atoms with Crippen molar-refractivity contribution in [1.29, 1.82) is 0 Å². The van der Waals surface area contributed by atoms with Crippen LogP contribution in [-0.4, -0.2) is 20.9 Å². The number of nitrogens with zero attached hydrogens (tertiary/aromatic N) is 2. The Hall–Kier alpha value is -1.79. The number of aromatic nitrogens is 2. The summed E-state index contributed by atoms with van der Waals surface area (Å²) < 4.78 is 5.54. The number of hydrogen-bond donors (Lipinski definition) is 2. The molecule has 0 fully saturated rings. The molecule has 0 unspecified atom stereocenters. The van der Waals surface area contributed by atoms with Gasteiger partial charge in [-0.1, -0.05) is 5.16 Å². The molecule has 7 heteroatoms. The van der Waals surface area contributed by atoms with Crippen molar-refractivity contribution in [3.63, 3.8) is 0 Å². The van der Waals surface area contributed by atoms with Crippen LogP contribution in [0.4, 0.5) is 4.79 Å². The van der Waals surface area contributed by atoms with Gasteiger partial charge in [-0.2, -0.15) is 0 Å². The molecule has 0 saturated carbocycles. The van der Waals surface area contributed by atoms with E-state index >= 15 is 0 Å². The quantitative estimate of drug-likeness (QED) is 0.694. The second-order valence-electron chi connectivity index (χ2n) is 3.39. The maximum Gasteiger partial charge on any atom is 0.441 e. The van der Waals surface area contributed by atoms with E-state index in [4.69, 9.17) is 5.11 Å². The topological polar surface area (TPSA) is 97.4 Å². The highest BCUT2D eigenvalue weighted by atomic mass is 16.5. The van der Waals surface area contributed by atoms with Crippen LogP contribution in [0.15, 0.2) is 9.32 Å². The maximum atomic E-state index is 10.9. The first-order valence-electron chi connectivity index (χ1n) is 3.89. The molecule has 0 radical (unpaired) electrons. The number of nitrogens with one attached hydrogen (secondary N) is 1. The second kappa shape index (κ2) is 3.17. The van der Waals surface area contributed by atoms with Gasteiger partial charge in [-0.15, -0.1) is 0 Å². The predicted octanol–water partition coefficient (Wildman–Crippen LogP) is -0.124. The summed E-state index contributed by atoms with van der Waals surface area (Å²) in [6.45, 7) is 3.16. The fourth-order valence-corrected chi connectivity index (χ4v) is 1.15. The Morgan fingerprint density at radius 1 is 1.64 bits per heavy atom. The van der Waals surface area contributed by atoms with Crippen molar-refractivity contribution < 1.29 is 14.4 Å². The maximum absolute atomic E-state index is 10.9. The summed E-state index contributed by atoms with van der Waals surface area (Å²) in [5, 5.41) is 14.3. The van der Waals surface area contributed by atoms with Crippen LogP contribution in [0.1, 0.15) is 19.7 Å². The lowest BCUT2D eigenvalue weighted by Crippen LogP contribution is -2.42. The van der Waals surface area contributed by atoms with Gasteiger partial charge in [0.2, 0.25) is 0 Å². The SMILES string of the molecule is Cn1c(C(C)(C)NC(=O)O)noc1=O. The van der Waals surface area contributed by atoms with E-state index in [2.05, 4.69) is 15.0 Å². The first kappa shape index (κ1) is 10.3. The smallest absolute Gasteiger partial charge is 0.441 e. The molecular weight excluding hydrogens is 190 g/mol. The third kappa shape index (κ3) is 1.76. The molecule has 1 rings (SSSR count). The molecular formula is C7H11N3O4. The number of amides is 1. The van der Waals surface area contributed by atoms with Gasteiger partial charge in [-0.25, -0.2) is 9.59 Å². The third-order valence-electron chi connectivity index (χ3n) is 1.78. The predicted molar refractivity (Wildman–Crippen MR) is 45.9 cm³/mol. The summed E-state index contributed by atoms with van der Waals surface area (Å²) in [6, 6.07) is 0. The Morgan fingerprint density at radius 3 is 2.57 bits per heavy atom. The van der Waals surface area contributed by atoms with Gasteiger partial charge in [0.15, 0.2) is 5.82 Å². The molecule has 14 heavy (non-hydrogen) atoms.